The normalized spacial score (nSPS) is 13.8. The van der Waals surface area contributed by atoms with E-state index in [4.69, 9.17) is 0 Å². The van der Waals surface area contributed by atoms with Gasteiger partial charge in [-0.1, -0.05) is 25.0 Å². The summed E-state index contributed by atoms with van der Waals surface area (Å²) in [6.07, 6.45) is 4.16. The van der Waals surface area contributed by atoms with Crippen LogP contribution in [0.4, 0.5) is 10.1 Å². The van der Waals surface area contributed by atoms with Crippen molar-refractivity contribution in [2.24, 2.45) is 0 Å². The van der Waals surface area contributed by atoms with Crippen LogP contribution in [0.1, 0.15) is 36.8 Å². The van der Waals surface area contributed by atoms with Gasteiger partial charge >= 0.3 is 0 Å². The molecule has 8 nitrogen and oxygen atoms in total. The van der Waals surface area contributed by atoms with Gasteiger partial charge in [0, 0.05) is 17.3 Å². The molecule has 1 N–H and O–H groups in total. The monoisotopic (exact) mass is 450 g/mol. The fourth-order valence-corrected chi connectivity index (χ4v) is 4.05. The average Bonchev–Trinajstić information content (AvgIpc) is 3.47. The summed E-state index contributed by atoms with van der Waals surface area (Å²) in [6, 6.07) is 11.6. The Morgan fingerprint density at radius 2 is 1.85 bits per heavy atom. The lowest BCUT2D eigenvalue weighted by molar-refractivity contribution is -0.124. The molecule has 1 aliphatic rings. The van der Waals surface area contributed by atoms with Crippen LogP contribution in [0.15, 0.2) is 42.5 Å². The number of halogens is 1. The molecule has 2 aromatic carbocycles. The van der Waals surface area contributed by atoms with E-state index >= 15 is 0 Å². The standard InChI is InChI=1S/C24H27FN6O2/c1-16-6-5-9-21(17(16)2)30(14-22(32)26-20-7-3-4-8-20)23(33)15-31-28-24(27-29-31)18-10-12-19(25)13-11-18/h5-6,9-13,20H,3-4,7-8,14-15H2,1-2H3,(H,26,32). The first-order valence-electron chi connectivity index (χ1n) is 11.1. The lowest BCUT2D eigenvalue weighted by Crippen LogP contribution is -2.45. The highest BCUT2D eigenvalue weighted by atomic mass is 19.1. The summed E-state index contributed by atoms with van der Waals surface area (Å²) in [7, 11) is 0. The molecule has 0 saturated heterocycles. The van der Waals surface area contributed by atoms with Crippen LogP contribution in [0.25, 0.3) is 11.4 Å². The van der Waals surface area contributed by atoms with Gasteiger partial charge < -0.3 is 10.2 Å². The van der Waals surface area contributed by atoms with E-state index in [1.807, 2.05) is 32.0 Å². The summed E-state index contributed by atoms with van der Waals surface area (Å²) < 4.78 is 13.2. The molecule has 2 amide bonds. The average molecular weight is 451 g/mol. The molecule has 3 aromatic rings. The Morgan fingerprint density at radius 1 is 1.12 bits per heavy atom. The quantitative estimate of drug-likeness (QED) is 0.597. The molecular formula is C24H27FN6O2. The second kappa shape index (κ2) is 9.89. The van der Waals surface area contributed by atoms with Gasteiger partial charge in [0.1, 0.15) is 18.9 Å². The van der Waals surface area contributed by atoms with E-state index in [9.17, 15) is 14.0 Å². The summed E-state index contributed by atoms with van der Waals surface area (Å²) in [5, 5.41) is 15.2. The molecule has 1 fully saturated rings. The Labute approximate surface area is 191 Å². The molecule has 9 heteroatoms. The number of tetrazole rings is 1. The van der Waals surface area contributed by atoms with Crippen LogP contribution >= 0.6 is 0 Å². The maximum atomic E-state index is 13.3. The Kier molecular flexibility index (Phi) is 6.76. The largest absolute Gasteiger partial charge is 0.352 e. The first-order chi connectivity index (χ1) is 15.9. The molecular weight excluding hydrogens is 423 g/mol. The zero-order valence-electron chi connectivity index (χ0n) is 18.8. The first kappa shape index (κ1) is 22.6. The maximum Gasteiger partial charge on any atom is 0.251 e. The molecule has 1 heterocycles. The number of aromatic nitrogens is 4. The van der Waals surface area contributed by atoms with Gasteiger partial charge in [0.15, 0.2) is 0 Å². The molecule has 1 saturated carbocycles. The second-order valence-electron chi connectivity index (χ2n) is 8.40. The van der Waals surface area contributed by atoms with Crippen LogP contribution in [-0.4, -0.2) is 44.6 Å². The topological polar surface area (TPSA) is 93.0 Å². The van der Waals surface area contributed by atoms with Gasteiger partial charge in [-0.05, 0) is 73.4 Å². The number of rotatable bonds is 7. The fraction of sp³-hybridized carbons (Fsp3) is 0.375. The highest BCUT2D eigenvalue weighted by Gasteiger charge is 2.25. The number of amides is 2. The SMILES string of the molecule is Cc1cccc(N(CC(=O)NC2CCCC2)C(=O)Cn2nnc(-c3ccc(F)cc3)n2)c1C. The summed E-state index contributed by atoms with van der Waals surface area (Å²) >= 11 is 0. The Bertz CT molecular complexity index is 1140. The lowest BCUT2D eigenvalue weighted by Gasteiger charge is -2.25. The predicted octanol–water partition coefficient (Wildman–Crippen LogP) is 3.19. The summed E-state index contributed by atoms with van der Waals surface area (Å²) in [5.74, 6) is -0.579. The summed E-state index contributed by atoms with van der Waals surface area (Å²) in [6.45, 7) is 3.63. The van der Waals surface area contributed by atoms with Crippen molar-refractivity contribution < 1.29 is 14.0 Å². The lowest BCUT2D eigenvalue weighted by atomic mass is 10.1. The van der Waals surface area contributed by atoms with Crippen LogP contribution in [-0.2, 0) is 16.1 Å². The van der Waals surface area contributed by atoms with E-state index in [1.165, 1.54) is 21.8 Å². The summed E-state index contributed by atoms with van der Waals surface area (Å²) in [4.78, 5) is 28.7. The van der Waals surface area contributed by atoms with E-state index in [-0.39, 0.29) is 36.8 Å². The Morgan fingerprint density at radius 3 is 2.58 bits per heavy atom. The molecule has 0 atom stereocenters. The van der Waals surface area contributed by atoms with Crippen LogP contribution < -0.4 is 10.2 Å². The van der Waals surface area contributed by atoms with Gasteiger partial charge in [-0.25, -0.2) is 4.39 Å². The van der Waals surface area contributed by atoms with Crippen LogP contribution in [0.2, 0.25) is 0 Å². The molecule has 0 radical (unpaired) electrons. The van der Waals surface area contributed by atoms with Gasteiger partial charge in [0.25, 0.3) is 5.91 Å². The van der Waals surface area contributed by atoms with Crippen molar-refractivity contribution in [3.63, 3.8) is 0 Å². The summed E-state index contributed by atoms with van der Waals surface area (Å²) in [5.41, 5.74) is 3.23. The van der Waals surface area contributed by atoms with Gasteiger partial charge in [0.05, 0.1) is 0 Å². The van der Waals surface area contributed by atoms with Crippen molar-refractivity contribution >= 4 is 17.5 Å². The van der Waals surface area contributed by atoms with Crippen molar-refractivity contribution in [3.8, 4) is 11.4 Å². The van der Waals surface area contributed by atoms with Gasteiger partial charge in [-0.3, -0.25) is 9.59 Å². The van der Waals surface area contributed by atoms with Crippen molar-refractivity contribution in [3.05, 3.63) is 59.4 Å². The number of carbonyl (C=O) groups excluding carboxylic acids is 2. The molecule has 4 rings (SSSR count). The number of nitrogens with one attached hydrogen (secondary N) is 1. The number of nitrogens with zero attached hydrogens (tertiary/aromatic N) is 5. The second-order valence-corrected chi connectivity index (χ2v) is 8.40. The maximum absolute atomic E-state index is 13.3. The van der Waals surface area contributed by atoms with Gasteiger partial charge in [-0.15, -0.1) is 10.2 Å². The predicted molar refractivity (Wildman–Crippen MR) is 122 cm³/mol. The third-order valence-electron chi connectivity index (χ3n) is 6.02. The molecule has 0 bridgehead atoms. The minimum Gasteiger partial charge on any atom is -0.352 e. The minimum atomic E-state index is -0.360. The number of anilines is 1. The zero-order chi connectivity index (χ0) is 23.4. The van der Waals surface area contributed by atoms with Gasteiger partial charge in [0.2, 0.25) is 11.7 Å². The van der Waals surface area contributed by atoms with Crippen LogP contribution in [0.5, 0.6) is 0 Å². The number of hydrogen-bond donors (Lipinski definition) is 1. The highest BCUT2D eigenvalue weighted by Crippen LogP contribution is 2.24. The highest BCUT2D eigenvalue weighted by molar-refractivity contribution is 5.99. The third-order valence-corrected chi connectivity index (χ3v) is 6.02. The van der Waals surface area contributed by atoms with E-state index in [1.54, 1.807) is 12.1 Å². The van der Waals surface area contributed by atoms with Crippen LogP contribution in [0.3, 0.4) is 0 Å². The molecule has 1 aliphatic carbocycles. The zero-order valence-corrected chi connectivity index (χ0v) is 18.8. The number of aryl methyl sites for hydroxylation is 1. The van der Waals surface area contributed by atoms with Crippen LogP contribution in [0, 0.1) is 19.7 Å². The molecule has 172 valence electrons. The van der Waals surface area contributed by atoms with Crippen molar-refractivity contribution in [1.29, 1.82) is 0 Å². The van der Waals surface area contributed by atoms with E-state index < -0.39 is 0 Å². The van der Waals surface area contributed by atoms with Crippen molar-refractivity contribution in [2.75, 3.05) is 11.4 Å². The van der Waals surface area contributed by atoms with E-state index in [0.29, 0.717) is 17.1 Å². The van der Waals surface area contributed by atoms with E-state index in [0.717, 1.165) is 36.8 Å². The molecule has 33 heavy (non-hydrogen) atoms. The van der Waals surface area contributed by atoms with E-state index in [2.05, 4.69) is 20.7 Å². The first-order valence-corrected chi connectivity index (χ1v) is 11.1. The number of benzene rings is 2. The Balaban J connectivity index is 1.53. The van der Waals surface area contributed by atoms with Crippen molar-refractivity contribution in [2.45, 2.75) is 52.1 Å². The molecule has 1 aromatic heterocycles. The fourth-order valence-electron chi connectivity index (χ4n) is 4.05. The molecule has 0 aliphatic heterocycles. The number of carbonyl (C=O) groups is 2. The van der Waals surface area contributed by atoms with Crippen molar-refractivity contribution in [1.82, 2.24) is 25.5 Å². The van der Waals surface area contributed by atoms with Gasteiger partial charge in [-0.2, -0.15) is 4.80 Å². The number of hydrogen-bond acceptors (Lipinski definition) is 5. The Hall–Kier alpha value is -3.62. The third kappa shape index (κ3) is 5.42. The minimum absolute atomic E-state index is 0.0842. The molecule has 0 spiro atoms. The smallest absolute Gasteiger partial charge is 0.251 e. The molecule has 0 unspecified atom stereocenters.